The number of unbranched alkanes of at least 4 members (excludes halogenated alkanes) is 1. The van der Waals surface area contributed by atoms with Crippen LogP contribution in [0.2, 0.25) is 0 Å². The van der Waals surface area contributed by atoms with Gasteiger partial charge in [-0.2, -0.15) is 0 Å². The number of likely N-dealkylation sites (tertiary alicyclic amines) is 1. The number of rotatable bonds is 11. The summed E-state index contributed by atoms with van der Waals surface area (Å²) in [6, 6.07) is 15.1. The van der Waals surface area contributed by atoms with E-state index in [1.807, 2.05) is 42.2 Å². The van der Waals surface area contributed by atoms with E-state index in [0.29, 0.717) is 12.5 Å². The van der Waals surface area contributed by atoms with E-state index in [4.69, 9.17) is 9.47 Å². The topological polar surface area (TPSA) is 42.0 Å². The Kier molecular flexibility index (Phi) is 11.9. The molecule has 1 unspecified atom stereocenters. The fourth-order valence-corrected chi connectivity index (χ4v) is 5.10. The van der Waals surface area contributed by atoms with Gasteiger partial charge in [-0.3, -0.25) is 4.79 Å². The zero-order chi connectivity index (χ0) is 24.5. The Hall–Kier alpha value is -2.24. The lowest BCUT2D eigenvalue weighted by Crippen LogP contribution is -2.49. The minimum atomic E-state index is 0. The van der Waals surface area contributed by atoms with Crippen LogP contribution in [0, 0.1) is 0 Å². The van der Waals surface area contributed by atoms with Gasteiger partial charge in [-0.05, 0) is 74.4 Å². The predicted octanol–water partition coefficient (Wildman–Crippen LogP) is 6.31. The van der Waals surface area contributed by atoms with Crippen molar-refractivity contribution in [2.75, 3.05) is 32.2 Å². The third kappa shape index (κ3) is 7.37. The van der Waals surface area contributed by atoms with Gasteiger partial charge < -0.3 is 19.3 Å². The summed E-state index contributed by atoms with van der Waals surface area (Å²) in [7, 11) is 3.51. The van der Waals surface area contributed by atoms with Crippen molar-refractivity contribution >= 4 is 24.0 Å². The van der Waals surface area contributed by atoms with Crippen LogP contribution in [0.15, 0.2) is 42.5 Å². The molecule has 0 spiro atoms. The molecule has 1 amide bonds. The summed E-state index contributed by atoms with van der Waals surface area (Å²) >= 11 is 0. The van der Waals surface area contributed by atoms with E-state index in [9.17, 15) is 4.79 Å². The number of hydrogen-bond acceptors (Lipinski definition) is 4. The molecule has 1 aliphatic heterocycles. The van der Waals surface area contributed by atoms with Gasteiger partial charge in [-0.25, -0.2) is 0 Å². The number of anilines is 1. The monoisotopic (exact) mass is 502 g/mol. The third-order valence-corrected chi connectivity index (χ3v) is 7.09. The minimum absolute atomic E-state index is 0. The van der Waals surface area contributed by atoms with Gasteiger partial charge in [0.15, 0.2) is 0 Å². The normalized spacial score (nSPS) is 15.2. The number of piperidine rings is 1. The first-order valence-corrected chi connectivity index (χ1v) is 12.9. The number of carbonyl (C=O) groups excluding carboxylic acids is 1. The molecule has 0 radical (unpaired) electrons. The molecule has 6 heteroatoms. The fourth-order valence-electron chi connectivity index (χ4n) is 5.10. The van der Waals surface area contributed by atoms with Crippen LogP contribution >= 0.6 is 12.4 Å². The van der Waals surface area contributed by atoms with Gasteiger partial charge in [0.25, 0.3) is 0 Å². The van der Waals surface area contributed by atoms with Crippen LogP contribution in [-0.4, -0.2) is 50.2 Å². The van der Waals surface area contributed by atoms with Crippen molar-refractivity contribution in [3.8, 4) is 11.5 Å². The number of methoxy groups -OCH3 is 2. The minimum Gasteiger partial charge on any atom is -0.496 e. The number of nitrogens with zero attached hydrogens (tertiary/aromatic N) is 2. The Balaban J connectivity index is 0.00000432. The van der Waals surface area contributed by atoms with E-state index in [1.54, 1.807) is 14.2 Å². The number of aryl methyl sites for hydroxylation is 1. The molecule has 2 aromatic rings. The van der Waals surface area contributed by atoms with Gasteiger partial charge in [0.05, 0.1) is 14.2 Å². The molecule has 0 saturated carbocycles. The van der Waals surface area contributed by atoms with Gasteiger partial charge in [-0.1, -0.05) is 38.5 Å². The highest BCUT2D eigenvalue weighted by atomic mass is 35.5. The summed E-state index contributed by atoms with van der Waals surface area (Å²) in [5, 5.41) is 0. The van der Waals surface area contributed by atoms with Crippen LogP contribution in [0.25, 0.3) is 0 Å². The van der Waals surface area contributed by atoms with E-state index in [1.165, 1.54) is 11.1 Å². The third-order valence-electron chi connectivity index (χ3n) is 7.09. The van der Waals surface area contributed by atoms with Crippen molar-refractivity contribution in [2.45, 2.75) is 77.8 Å². The lowest BCUT2D eigenvalue weighted by atomic mass is 9.96. The van der Waals surface area contributed by atoms with Crippen LogP contribution in [0.5, 0.6) is 11.5 Å². The molecule has 5 nitrogen and oxygen atoms in total. The summed E-state index contributed by atoms with van der Waals surface area (Å²) in [6.45, 7) is 8.43. The second-order valence-electron chi connectivity index (χ2n) is 9.35. The number of benzene rings is 2. The lowest BCUT2D eigenvalue weighted by molar-refractivity contribution is -0.119. The van der Waals surface area contributed by atoms with Crippen LogP contribution in [-0.2, 0) is 17.6 Å². The number of carbonyl (C=O) groups is 1. The van der Waals surface area contributed by atoms with E-state index in [2.05, 4.69) is 30.9 Å². The molecule has 35 heavy (non-hydrogen) atoms. The number of halogens is 1. The van der Waals surface area contributed by atoms with E-state index in [-0.39, 0.29) is 24.4 Å². The summed E-state index contributed by atoms with van der Waals surface area (Å²) in [5.41, 5.74) is 3.43. The molecule has 0 bridgehead atoms. The maximum atomic E-state index is 12.8. The first-order valence-electron chi connectivity index (χ1n) is 12.9. The van der Waals surface area contributed by atoms with Gasteiger partial charge in [0.1, 0.15) is 11.5 Å². The molecule has 0 N–H and O–H groups in total. The Labute approximate surface area is 218 Å². The van der Waals surface area contributed by atoms with E-state index >= 15 is 0 Å². The molecule has 1 aliphatic rings. The summed E-state index contributed by atoms with van der Waals surface area (Å²) < 4.78 is 11.5. The quantitative estimate of drug-likeness (QED) is 0.361. The Bertz CT molecular complexity index is 914. The molecular weight excluding hydrogens is 460 g/mol. The first-order chi connectivity index (χ1) is 16.5. The van der Waals surface area contributed by atoms with Crippen molar-refractivity contribution in [3.63, 3.8) is 0 Å². The summed E-state index contributed by atoms with van der Waals surface area (Å²) in [6.07, 6.45) is 6.73. The number of hydrogen-bond donors (Lipinski definition) is 0. The molecule has 0 aliphatic carbocycles. The maximum absolute atomic E-state index is 12.8. The highest BCUT2D eigenvalue weighted by molar-refractivity contribution is 5.93. The molecule has 1 fully saturated rings. The van der Waals surface area contributed by atoms with E-state index < -0.39 is 0 Å². The first kappa shape index (κ1) is 29.0. The molecular formula is C29H43ClN2O3. The van der Waals surface area contributed by atoms with Crippen LogP contribution < -0.4 is 14.4 Å². The lowest BCUT2D eigenvalue weighted by Gasteiger charge is -2.41. The SMILES string of the molecule is CCCCc1cc(OC)c(CC(C)N2CCC(N(C(=O)CC)c3ccccc3)CC2)cc1OC.Cl. The fraction of sp³-hybridized carbons (Fsp3) is 0.552. The van der Waals surface area contributed by atoms with Gasteiger partial charge in [-0.15, -0.1) is 12.4 Å². The zero-order valence-electron chi connectivity index (χ0n) is 22.1. The molecule has 194 valence electrons. The molecule has 1 heterocycles. The molecule has 1 saturated heterocycles. The number of ether oxygens (including phenoxy) is 2. The van der Waals surface area contributed by atoms with Crippen LogP contribution in [0.1, 0.15) is 64.0 Å². The Morgan fingerprint density at radius 3 is 2.20 bits per heavy atom. The van der Waals surface area contributed by atoms with Gasteiger partial charge in [0.2, 0.25) is 5.91 Å². The summed E-state index contributed by atoms with van der Waals surface area (Å²) in [5.74, 6) is 2.13. The van der Waals surface area contributed by atoms with Crippen LogP contribution in [0.4, 0.5) is 5.69 Å². The second-order valence-corrected chi connectivity index (χ2v) is 9.35. The predicted molar refractivity (Wildman–Crippen MR) is 147 cm³/mol. The molecule has 2 aromatic carbocycles. The number of amides is 1. The zero-order valence-corrected chi connectivity index (χ0v) is 22.9. The largest absolute Gasteiger partial charge is 0.496 e. The molecule has 1 atom stereocenters. The highest BCUT2D eigenvalue weighted by Gasteiger charge is 2.30. The maximum Gasteiger partial charge on any atom is 0.226 e. The standard InChI is InChI=1S/C29H42N2O3.ClH/c1-6-8-12-23-20-28(34-5)24(21-27(23)33-4)19-22(3)30-17-15-26(16-18-30)31(29(32)7-2)25-13-10-9-11-14-25;/h9-11,13-14,20-22,26H,6-8,12,15-19H2,1-5H3;1H. The average molecular weight is 503 g/mol. The number of para-hydroxylation sites is 1. The second kappa shape index (κ2) is 14.4. The molecule has 3 rings (SSSR count). The smallest absolute Gasteiger partial charge is 0.226 e. The van der Waals surface area contributed by atoms with Crippen molar-refractivity contribution in [2.24, 2.45) is 0 Å². The van der Waals surface area contributed by atoms with Gasteiger partial charge in [0, 0.05) is 37.3 Å². The van der Waals surface area contributed by atoms with Crippen molar-refractivity contribution in [1.82, 2.24) is 4.90 Å². The van der Waals surface area contributed by atoms with Crippen molar-refractivity contribution in [3.05, 3.63) is 53.6 Å². The van der Waals surface area contributed by atoms with Crippen molar-refractivity contribution < 1.29 is 14.3 Å². The van der Waals surface area contributed by atoms with E-state index in [0.717, 1.165) is 68.8 Å². The Morgan fingerprint density at radius 2 is 1.63 bits per heavy atom. The summed E-state index contributed by atoms with van der Waals surface area (Å²) in [4.78, 5) is 17.4. The average Bonchev–Trinajstić information content (AvgIpc) is 2.88. The molecule has 0 aromatic heterocycles. The highest BCUT2D eigenvalue weighted by Crippen LogP contribution is 2.32. The Morgan fingerprint density at radius 1 is 1.03 bits per heavy atom. The van der Waals surface area contributed by atoms with Crippen LogP contribution in [0.3, 0.4) is 0 Å². The van der Waals surface area contributed by atoms with Crippen molar-refractivity contribution in [1.29, 1.82) is 0 Å². The van der Waals surface area contributed by atoms with Gasteiger partial charge >= 0.3 is 0 Å².